The number of nitrogens with zero attached hydrogens (tertiary/aromatic N) is 5. The van der Waals surface area contributed by atoms with Crippen molar-refractivity contribution in [1.29, 1.82) is 0 Å². The number of anilines is 1. The van der Waals surface area contributed by atoms with Gasteiger partial charge in [0.05, 0.1) is 18.0 Å². The van der Waals surface area contributed by atoms with Gasteiger partial charge in [0.15, 0.2) is 5.82 Å². The highest BCUT2D eigenvalue weighted by atomic mass is 16.5. The second kappa shape index (κ2) is 9.92. The van der Waals surface area contributed by atoms with Gasteiger partial charge in [0.25, 0.3) is 5.91 Å². The van der Waals surface area contributed by atoms with Crippen molar-refractivity contribution in [3.63, 3.8) is 0 Å². The summed E-state index contributed by atoms with van der Waals surface area (Å²) in [6, 6.07) is 7.43. The SMILES string of the molecule is COCc1cc(C(=O)Nc2cc(C3CCCC3)[nH]n2)n(C)n1.Cc1cccnn1. The van der Waals surface area contributed by atoms with Gasteiger partial charge in [-0.2, -0.15) is 20.4 Å². The molecule has 0 radical (unpaired) electrons. The number of hydrogen-bond donors (Lipinski definition) is 2. The van der Waals surface area contributed by atoms with Crippen molar-refractivity contribution in [2.24, 2.45) is 7.05 Å². The van der Waals surface area contributed by atoms with Gasteiger partial charge < -0.3 is 10.1 Å². The van der Waals surface area contributed by atoms with Gasteiger partial charge in [-0.3, -0.25) is 14.6 Å². The summed E-state index contributed by atoms with van der Waals surface area (Å²) in [7, 11) is 3.34. The van der Waals surface area contributed by atoms with Crippen LogP contribution < -0.4 is 5.32 Å². The highest BCUT2D eigenvalue weighted by molar-refractivity contribution is 6.02. The molecular weight excluding hydrogens is 370 g/mol. The molecule has 0 aromatic carbocycles. The third-order valence-electron chi connectivity index (χ3n) is 4.80. The van der Waals surface area contributed by atoms with E-state index in [0.29, 0.717) is 24.0 Å². The summed E-state index contributed by atoms with van der Waals surface area (Å²) in [5.41, 5.74) is 3.28. The molecule has 1 aliphatic carbocycles. The fourth-order valence-electron chi connectivity index (χ4n) is 3.36. The molecule has 9 heteroatoms. The summed E-state index contributed by atoms with van der Waals surface area (Å²) in [5.74, 6) is 0.881. The maximum atomic E-state index is 12.3. The minimum Gasteiger partial charge on any atom is -0.378 e. The summed E-state index contributed by atoms with van der Waals surface area (Å²) in [4.78, 5) is 12.3. The predicted octanol–water partition coefficient (Wildman–Crippen LogP) is 2.98. The number of carbonyl (C=O) groups excluding carboxylic acids is 1. The lowest BCUT2D eigenvalue weighted by Gasteiger charge is -2.03. The number of ether oxygens (including phenoxy) is 1. The van der Waals surface area contributed by atoms with Crippen LogP contribution in [0.5, 0.6) is 0 Å². The van der Waals surface area contributed by atoms with E-state index in [0.717, 1.165) is 17.1 Å². The lowest BCUT2D eigenvalue weighted by atomic mass is 10.0. The fraction of sp³-hybridized carbons (Fsp3) is 0.450. The maximum absolute atomic E-state index is 12.3. The van der Waals surface area contributed by atoms with Crippen LogP contribution in [0, 0.1) is 6.92 Å². The number of amides is 1. The average Bonchev–Trinajstić information content (AvgIpc) is 3.44. The van der Waals surface area contributed by atoms with Gasteiger partial charge in [-0.05, 0) is 38.0 Å². The Labute approximate surface area is 169 Å². The van der Waals surface area contributed by atoms with Crippen molar-refractivity contribution in [2.45, 2.75) is 45.1 Å². The maximum Gasteiger partial charge on any atom is 0.275 e. The largest absolute Gasteiger partial charge is 0.378 e. The van der Waals surface area contributed by atoms with Crippen LogP contribution in [0.4, 0.5) is 5.82 Å². The quantitative estimate of drug-likeness (QED) is 0.685. The van der Waals surface area contributed by atoms with Crippen molar-refractivity contribution in [3.05, 3.63) is 53.2 Å². The molecule has 0 atom stereocenters. The number of carbonyl (C=O) groups is 1. The number of aromatic nitrogens is 6. The number of aryl methyl sites for hydroxylation is 2. The fourth-order valence-corrected chi connectivity index (χ4v) is 3.36. The minimum absolute atomic E-state index is 0.221. The van der Waals surface area contributed by atoms with E-state index in [1.54, 1.807) is 31.1 Å². The summed E-state index contributed by atoms with van der Waals surface area (Å²) in [6.45, 7) is 2.29. The summed E-state index contributed by atoms with van der Waals surface area (Å²) < 4.78 is 6.58. The van der Waals surface area contributed by atoms with Gasteiger partial charge in [0, 0.05) is 38.0 Å². The van der Waals surface area contributed by atoms with Crippen LogP contribution in [0.25, 0.3) is 0 Å². The summed E-state index contributed by atoms with van der Waals surface area (Å²) in [6.07, 6.45) is 6.58. The van der Waals surface area contributed by atoms with E-state index in [2.05, 4.69) is 30.8 Å². The average molecular weight is 397 g/mol. The van der Waals surface area contributed by atoms with Crippen LogP contribution in [0.1, 0.15) is 59.2 Å². The van der Waals surface area contributed by atoms with Gasteiger partial charge in [0.2, 0.25) is 0 Å². The number of H-pyrrole nitrogens is 1. The molecule has 3 aromatic heterocycles. The molecule has 9 nitrogen and oxygen atoms in total. The van der Waals surface area contributed by atoms with Crippen LogP contribution >= 0.6 is 0 Å². The lowest BCUT2D eigenvalue weighted by Crippen LogP contribution is -2.16. The molecule has 0 spiro atoms. The van der Waals surface area contributed by atoms with Gasteiger partial charge in [-0.1, -0.05) is 12.8 Å². The van der Waals surface area contributed by atoms with E-state index in [1.807, 2.05) is 25.1 Å². The molecule has 3 heterocycles. The first-order chi connectivity index (χ1) is 14.1. The Morgan fingerprint density at radius 1 is 1.34 bits per heavy atom. The van der Waals surface area contributed by atoms with Crippen molar-refractivity contribution < 1.29 is 9.53 Å². The van der Waals surface area contributed by atoms with Crippen LogP contribution in [0.3, 0.4) is 0 Å². The van der Waals surface area contributed by atoms with Gasteiger partial charge in [-0.15, -0.1) is 0 Å². The van der Waals surface area contributed by atoms with E-state index < -0.39 is 0 Å². The first-order valence-corrected chi connectivity index (χ1v) is 9.69. The van der Waals surface area contributed by atoms with E-state index in [1.165, 1.54) is 25.7 Å². The number of hydrogen-bond acceptors (Lipinski definition) is 6. The molecule has 154 valence electrons. The second-order valence-electron chi connectivity index (χ2n) is 7.09. The number of methoxy groups -OCH3 is 1. The van der Waals surface area contributed by atoms with Crippen molar-refractivity contribution >= 4 is 11.7 Å². The Kier molecular flexibility index (Phi) is 7.07. The van der Waals surface area contributed by atoms with E-state index in [4.69, 9.17) is 4.74 Å². The zero-order chi connectivity index (χ0) is 20.6. The number of aromatic amines is 1. The standard InChI is InChI=1S/C15H21N5O2.C5H6N2/c1-20-13(7-11(19-20)9-22-2)15(21)16-14-8-12(17-18-14)10-5-3-4-6-10;1-5-3-2-4-6-7-5/h7-8,10H,3-6,9H2,1-2H3,(H2,16,17,18,21);2-4H,1H3. The molecular formula is C20H27N7O2. The lowest BCUT2D eigenvalue weighted by molar-refractivity contribution is 0.101. The van der Waals surface area contributed by atoms with Crippen LogP contribution in [-0.4, -0.2) is 43.2 Å². The topological polar surface area (TPSA) is 111 Å². The van der Waals surface area contributed by atoms with E-state index in [-0.39, 0.29) is 5.91 Å². The first-order valence-electron chi connectivity index (χ1n) is 9.69. The molecule has 1 fully saturated rings. The van der Waals surface area contributed by atoms with Gasteiger partial charge in [0.1, 0.15) is 5.69 Å². The number of rotatable bonds is 5. The molecule has 0 aliphatic heterocycles. The zero-order valence-corrected chi connectivity index (χ0v) is 17.1. The summed E-state index contributed by atoms with van der Waals surface area (Å²) in [5, 5.41) is 21.6. The van der Waals surface area contributed by atoms with Crippen LogP contribution in [0.2, 0.25) is 0 Å². The molecule has 1 amide bonds. The molecule has 1 saturated carbocycles. The molecule has 4 rings (SSSR count). The third-order valence-corrected chi connectivity index (χ3v) is 4.80. The Morgan fingerprint density at radius 3 is 2.76 bits per heavy atom. The normalized spacial score (nSPS) is 13.8. The van der Waals surface area contributed by atoms with Crippen molar-refractivity contribution in [2.75, 3.05) is 12.4 Å². The minimum atomic E-state index is -0.221. The Bertz CT molecular complexity index is 914. The Balaban J connectivity index is 0.000000290. The highest BCUT2D eigenvalue weighted by Crippen LogP contribution is 2.33. The predicted molar refractivity (Wildman–Crippen MR) is 108 cm³/mol. The molecule has 29 heavy (non-hydrogen) atoms. The Hall–Kier alpha value is -3.07. The molecule has 0 saturated heterocycles. The highest BCUT2D eigenvalue weighted by Gasteiger charge is 2.20. The zero-order valence-electron chi connectivity index (χ0n) is 17.1. The second-order valence-corrected chi connectivity index (χ2v) is 7.09. The molecule has 1 aliphatic rings. The molecule has 2 N–H and O–H groups in total. The van der Waals surface area contributed by atoms with E-state index in [9.17, 15) is 4.79 Å². The van der Waals surface area contributed by atoms with Crippen molar-refractivity contribution in [1.82, 2.24) is 30.2 Å². The van der Waals surface area contributed by atoms with Crippen molar-refractivity contribution in [3.8, 4) is 0 Å². The number of nitrogens with one attached hydrogen (secondary N) is 2. The van der Waals surface area contributed by atoms with Gasteiger partial charge in [-0.25, -0.2) is 0 Å². The molecule has 0 bridgehead atoms. The Morgan fingerprint density at radius 2 is 2.14 bits per heavy atom. The molecule has 0 unspecified atom stereocenters. The van der Waals surface area contributed by atoms with Crippen LogP contribution in [-0.2, 0) is 18.4 Å². The van der Waals surface area contributed by atoms with Gasteiger partial charge >= 0.3 is 0 Å². The summed E-state index contributed by atoms with van der Waals surface area (Å²) >= 11 is 0. The van der Waals surface area contributed by atoms with E-state index >= 15 is 0 Å². The first kappa shape index (κ1) is 20.7. The molecule has 3 aromatic rings. The van der Waals surface area contributed by atoms with Crippen LogP contribution in [0.15, 0.2) is 30.5 Å². The monoisotopic (exact) mass is 397 g/mol. The third kappa shape index (κ3) is 5.71. The smallest absolute Gasteiger partial charge is 0.275 e.